The SMILES string of the molecule is CC(/C=C/c1cccc(Cl)c1)=N/O. The molecule has 0 saturated carbocycles. The molecular weight excluding hydrogens is 186 g/mol. The lowest BCUT2D eigenvalue weighted by molar-refractivity contribution is 0.319. The lowest BCUT2D eigenvalue weighted by Gasteiger charge is -1.93. The molecule has 2 nitrogen and oxygen atoms in total. The van der Waals surface area contributed by atoms with Crippen molar-refractivity contribution >= 4 is 23.4 Å². The van der Waals surface area contributed by atoms with E-state index in [0.717, 1.165) is 5.56 Å². The molecule has 3 heteroatoms. The molecule has 13 heavy (non-hydrogen) atoms. The minimum atomic E-state index is 0.556. The lowest BCUT2D eigenvalue weighted by atomic mass is 10.2. The molecule has 0 aromatic heterocycles. The van der Waals surface area contributed by atoms with Gasteiger partial charge in [0.05, 0.1) is 5.71 Å². The van der Waals surface area contributed by atoms with E-state index in [9.17, 15) is 0 Å². The van der Waals surface area contributed by atoms with Crippen molar-refractivity contribution < 1.29 is 5.21 Å². The number of hydrogen-bond donors (Lipinski definition) is 1. The first-order valence-corrected chi connectivity index (χ1v) is 4.22. The average molecular weight is 196 g/mol. The molecule has 0 spiro atoms. The van der Waals surface area contributed by atoms with Gasteiger partial charge < -0.3 is 5.21 Å². The Bertz CT molecular complexity index is 345. The van der Waals surface area contributed by atoms with Crippen molar-refractivity contribution in [2.24, 2.45) is 5.16 Å². The van der Waals surface area contributed by atoms with Gasteiger partial charge in [-0.1, -0.05) is 35.0 Å². The molecule has 68 valence electrons. The predicted molar refractivity (Wildman–Crippen MR) is 55.4 cm³/mol. The Hall–Kier alpha value is -1.28. The van der Waals surface area contributed by atoms with Gasteiger partial charge in [0.25, 0.3) is 0 Å². The molecule has 0 heterocycles. The van der Waals surface area contributed by atoms with Gasteiger partial charge in [-0.15, -0.1) is 0 Å². The van der Waals surface area contributed by atoms with Crippen molar-refractivity contribution in [3.05, 3.63) is 40.9 Å². The van der Waals surface area contributed by atoms with E-state index in [2.05, 4.69) is 5.16 Å². The van der Waals surface area contributed by atoms with Crippen LogP contribution >= 0.6 is 11.6 Å². The van der Waals surface area contributed by atoms with Crippen molar-refractivity contribution in [3.8, 4) is 0 Å². The summed E-state index contributed by atoms with van der Waals surface area (Å²) in [5.41, 5.74) is 1.54. The van der Waals surface area contributed by atoms with Crippen LogP contribution < -0.4 is 0 Å². The second kappa shape index (κ2) is 4.67. The van der Waals surface area contributed by atoms with Gasteiger partial charge in [-0.25, -0.2) is 0 Å². The van der Waals surface area contributed by atoms with E-state index >= 15 is 0 Å². The van der Waals surface area contributed by atoms with Crippen LogP contribution in [0.4, 0.5) is 0 Å². The predicted octanol–water partition coefficient (Wildman–Crippen LogP) is 3.20. The molecule has 0 fully saturated rings. The number of allylic oxidation sites excluding steroid dienone is 1. The highest BCUT2D eigenvalue weighted by atomic mass is 35.5. The lowest BCUT2D eigenvalue weighted by Crippen LogP contribution is -1.82. The Morgan fingerprint density at radius 2 is 2.31 bits per heavy atom. The molecule has 1 aromatic rings. The molecule has 1 N–H and O–H groups in total. The maximum Gasteiger partial charge on any atom is 0.0765 e. The van der Waals surface area contributed by atoms with Crippen LogP contribution in [-0.4, -0.2) is 10.9 Å². The Labute approximate surface area is 82.1 Å². The molecule has 0 aliphatic carbocycles. The highest BCUT2D eigenvalue weighted by Crippen LogP contribution is 2.11. The van der Waals surface area contributed by atoms with Gasteiger partial charge in [-0.3, -0.25) is 0 Å². The summed E-state index contributed by atoms with van der Waals surface area (Å²) >= 11 is 5.78. The molecule has 0 saturated heterocycles. The Morgan fingerprint density at radius 3 is 2.92 bits per heavy atom. The van der Waals surface area contributed by atoms with E-state index in [1.54, 1.807) is 13.0 Å². The molecule has 0 atom stereocenters. The zero-order chi connectivity index (χ0) is 9.68. The summed E-state index contributed by atoms with van der Waals surface area (Å²) in [5.74, 6) is 0. The molecular formula is C10H10ClNO. The van der Waals surface area contributed by atoms with Gasteiger partial charge in [0, 0.05) is 5.02 Å². The maximum atomic E-state index is 8.38. The van der Waals surface area contributed by atoms with Crippen LogP contribution in [0.5, 0.6) is 0 Å². The number of hydrogen-bond acceptors (Lipinski definition) is 2. The van der Waals surface area contributed by atoms with Gasteiger partial charge in [0.15, 0.2) is 0 Å². The summed E-state index contributed by atoms with van der Waals surface area (Å²) in [6.45, 7) is 1.71. The number of oxime groups is 1. The van der Waals surface area contributed by atoms with Crippen LogP contribution in [0.15, 0.2) is 35.5 Å². The second-order valence-electron chi connectivity index (χ2n) is 2.63. The van der Waals surface area contributed by atoms with Crippen molar-refractivity contribution in [1.82, 2.24) is 0 Å². The van der Waals surface area contributed by atoms with Gasteiger partial charge in [0.2, 0.25) is 0 Å². The van der Waals surface area contributed by atoms with E-state index in [1.165, 1.54) is 0 Å². The molecule has 1 rings (SSSR count). The summed E-state index contributed by atoms with van der Waals surface area (Å²) < 4.78 is 0. The Balaban J connectivity index is 2.80. The third-order valence-corrected chi connectivity index (χ3v) is 1.76. The topological polar surface area (TPSA) is 32.6 Å². The monoisotopic (exact) mass is 195 g/mol. The zero-order valence-electron chi connectivity index (χ0n) is 7.24. The third kappa shape index (κ3) is 3.30. The number of benzene rings is 1. The van der Waals surface area contributed by atoms with Crippen molar-refractivity contribution in [2.75, 3.05) is 0 Å². The van der Waals surface area contributed by atoms with Crippen molar-refractivity contribution in [2.45, 2.75) is 6.92 Å². The van der Waals surface area contributed by atoms with E-state index < -0.39 is 0 Å². The molecule has 0 aliphatic rings. The minimum absolute atomic E-state index is 0.556. The first-order valence-electron chi connectivity index (χ1n) is 3.84. The van der Waals surface area contributed by atoms with Crippen LogP contribution in [0.25, 0.3) is 6.08 Å². The third-order valence-electron chi connectivity index (χ3n) is 1.52. The Morgan fingerprint density at radius 1 is 1.54 bits per heavy atom. The van der Waals surface area contributed by atoms with Crippen LogP contribution in [0.3, 0.4) is 0 Å². The van der Waals surface area contributed by atoms with Gasteiger partial charge in [-0.2, -0.15) is 0 Å². The van der Waals surface area contributed by atoms with Gasteiger partial charge in [-0.05, 0) is 30.7 Å². The quantitative estimate of drug-likeness (QED) is 0.439. The molecule has 0 amide bonds. The van der Waals surface area contributed by atoms with E-state index in [4.69, 9.17) is 16.8 Å². The van der Waals surface area contributed by atoms with Gasteiger partial charge in [0.1, 0.15) is 0 Å². The first-order chi connectivity index (χ1) is 6.22. The fourth-order valence-electron chi connectivity index (χ4n) is 0.860. The zero-order valence-corrected chi connectivity index (χ0v) is 7.99. The fourth-order valence-corrected chi connectivity index (χ4v) is 1.06. The standard InChI is InChI=1S/C10H10ClNO/c1-8(12-13)5-6-9-3-2-4-10(11)7-9/h2-7,13H,1H3/b6-5+,12-8-. The molecule has 0 aliphatic heterocycles. The summed E-state index contributed by atoms with van der Waals surface area (Å²) in [6.07, 6.45) is 3.55. The number of rotatable bonds is 2. The maximum absolute atomic E-state index is 8.38. The summed E-state index contributed by atoms with van der Waals surface area (Å²) in [7, 11) is 0. The van der Waals surface area contributed by atoms with E-state index in [0.29, 0.717) is 10.7 Å². The average Bonchev–Trinajstić information content (AvgIpc) is 2.14. The highest BCUT2D eigenvalue weighted by molar-refractivity contribution is 6.30. The van der Waals surface area contributed by atoms with E-state index in [-0.39, 0.29) is 0 Å². The smallest absolute Gasteiger partial charge is 0.0765 e. The minimum Gasteiger partial charge on any atom is -0.411 e. The summed E-state index contributed by atoms with van der Waals surface area (Å²) in [5, 5.41) is 12.1. The largest absolute Gasteiger partial charge is 0.411 e. The normalized spacial score (nSPS) is 12.3. The van der Waals surface area contributed by atoms with Crippen LogP contribution in [0.2, 0.25) is 5.02 Å². The molecule has 0 bridgehead atoms. The van der Waals surface area contributed by atoms with Crippen LogP contribution in [0.1, 0.15) is 12.5 Å². The number of halogens is 1. The fraction of sp³-hybridized carbons (Fsp3) is 0.100. The van der Waals surface area contributed by atoms with Crippen molar-refractivity contribution in [1.29, 1.82) is 0 Å². The molecule has 0 radical (unpaired) electrons. The van der Waals surface area contributed by atoms with Crippen LogP contribution in [-0.2, 0) is 0 Å². The van der Waals surface area contributed by atoms with Gasteiger partial charge >= 0.3 is 0 Å². The summed E-state index contributed by atoms with van der Waals surface area (Å²) in [6, 6.07) is 7.44. The molecule has 0 unspecified atom stereocenters. The van der Waals surface area contributed by atoms with Crippen LogP contribution in [0, 0.1) is 0 Å². The second-order valence-corrected chi connectivity index (χ2v) is 3.07. The van der Waals surface area contributed by atoms with E-state index in [1.807, 2.05) is 30.3 Å². The summed E-state index contributed by atoms with van der Waals surface area (Å²) in [4.78, 5) is 0. The highest BCUT2D eigenvalue weighted by Gasteiger charge is 1.89. The first kappa shape index (κ1) is 9.81. The number of nitrogens with zero attached hydrogens (tertiary/aromatic N) is 1. The van der Waals surface area contributed by atoms with Crippen molar-refractivity contribution in [3.63, 3.8) is 0 Å². The molecule has 1 aromatic carbocycles. The Kier molecular flexibility index (Phi) is 3.53.